The fourth-order valence-electron chi connectivity index (χ4n) is 3.61. The highest BCUT2D eigenvalue weighted by Crippen LogP contribution is 2.30. The van der Waals surface area contributed by atoms with Gasteiger partial charge in [0.2, 0.25) is 0 Å². The van der Waals surface area contributed by atoms with Crippen LogP contribution < -0.4 is 4.90 Å². The normalized spacial score (nSPS) is 15.8. The van der Waals surface area contributed by atoms with Crippen LogP contribution >= 0.6 is 11.3 Å². The van der Waals surface area contributed by atoms with Gasteiger partial charge in [-0.2, -0.15) is 0 Å². The number of anilines is 1. The van der Waals surface area contributed by atoms with Crippen LogP contribution in [0.15, 0.2) is 30.3 Å². The molecule has 1 unspecified atom stereocenters. The smallest absolute Gasteiger partial charge is 0.306 e. The van der Waals surface area contributed by atoms with Crippen molar-refractivity contribution in [2.24, 2.45) is 0 Å². The number of rotatable bonds is 6. The average molecular weight is 400 g/mol. The number of para-hydroxylation sites is 1. The molecule has 1 amide bonds. The molecule has 148 valence electrons. The number of ketones is 1. The Morgan fingerprint density at radius 1 is 1.18 bits per heavy atom. The molecule has 28 heavy (non-hydrogen) atoms. The van der Waals surface area contributed by atoms with Crippen LogP contribution in [0, 0.1) is 13.8 Å². The van der Waals surface area contributed by atoms with E-state index in [1.807, 2.05) is 51.1 Å². The lowest BCUT2D eigenvalue weighted by Crippen LogP contribution is -2.44. The summed E-state index contributed by atoms with van der Waals surface area (Å²) in [6, 6.07) is 9.73. The summed E-state index contributed by atoms with van der Waals surface area (Å²) in [7, 11) is 0. The van der Waals surface area contributed by atoms with E-state index in [0.29, 0.717) is 5.56 Å². The lowest BCUT2D eigenvalue weighted by molar-refractivity contribution is -0.147. The Morgan fingerprint density at radius 2 is 1.93 bits per heavy atom. The molecule has 5 nitrogen and oxygen atoms in total. The molecule has 6 heteroatoms. The quantitative estimate of drug-likeness (QED) is 0.538. The molecule has 0 aliphatic carbocycles. The van der Waals surface area contributed by atoms with Crippen LogP contribution in [0.5, 0.6) is 0 Å². The van der Waals surface area contributed by atoms with Crippen LogP contribution in [-0.2, 0) is 20.7 Å². The Morgan fingerprint density at radius 3 is 2.64 bits per heavy atom. The van der Waals surface area contributed by atoms with Gasteiger partial charge in [0.05, 0.1) is 6.42 Å². The number of hydrogen-bond acceptors (Lipinski definition) is 5. The fourth-order valence-corrected chi connectivity index (χ4v) is 4.55. The minimum Gasteiger partial charge on any atom is -0.456 e. The number of nitrogens with zero attached hydrogens (tertiary/aromatic N) is 1. The molecule has 0 saturated heterocycles. The van der Waals surface area contributed by atoms with Crippen molar-refractivity contribution in [2.45, 2.75) is 52.5 Å². The van der Waals surface area contributed by atoms with Gasteiger partial charge in [-0.1, -0.05) is 18.2 Å². The number of Topliss-reactive ketones (excluding diaryl/α,β-unsaturated/α-hetero) is 1. The number of amides is 1. The van der Waals surface area contributed by atoms with Crippen LogP contribution in [0.4, 0.5) is 5.69 Å². The Balaban J connectivity index is 1.53. The van der Waals surface area contributed by atoms with Crippen LogP contribution in [0.2, 0.25) is 0 Å². The number of thiophene rings is 1. The molecule has 0 spiro atoms. The average Bonchev–Trinajstić information content (AvgIpc) is 3.02. The molecule has 0 bridgehead atoms. The first-order chi connectivity index (χ1) is 13.4. The van der Waals surface area contributed by atoms with Gasteiger partial charge in [0.15, 0.2) is 12.4 Å². The first kappa shape index (κ1) is 20.3. The molecule has 1 atom stereocenters. The Bertz CT molecular complexity index is 902. The van der Waals surface area contributed by atoms with Gasteiger partial charge in [0.25, 0.3) is 5.91 Å². The predicted octanol–water partition coefficient (Wildman–Crippen LogP) is 4.24. The van der Waals surface area contributed by atoms with Crippen LogP contribution in [0.3, 0.4) is 0 Å². The summed E-state index contributed by atoms with van der Waals surface area (Å²) in [5, 5.41) is 0. The van der Waals surface area contributed by atoms with Crippen molar-refractivity contribution in [3.63, 3.8) is 0 Å². The molecular formula is C22H25NO4S. The van der Waals surface area contributed by atoms with E-state index in [9.17, 15) is 14.4 Å². The largest absolute Gasteiger partial charge is 0.456 e. The van der Waals surface area contributed by atoms with Crippen molar-refractivity contribution in [1.29, 1.82) is 0 Å². The number of carbonyl (C=O) groups is 3. The van der Waals surface area contributed by atoms with E-state index in [0.717, 1.165) is 33.8 Å². The minimum atomic E-state index is -0.524. The molecule has 1 aromatic heterocycles. The van der Waals surface area contributed by atoms with Gasteiger partial charge >= 0.3 is 5.97 Å². The molecule has 1 aromatic carbocycles. The van der Waals surface area contributed by atoms with Gasteiger partial charge in [0, 0.05) is 33.5 Å². The van der Waals surface area contributed by atoms with Gasteiger partial charge in [-0.3, -0.25) is 14.4 Å². The topological polar surface area (TPSA) is 63.7 Å². The highest BCUT2D eigenvalue weighted by Gasteiger charge is 2.28. The number of fused-ring (bicyclic) bond motifs is 1. The van der Waals surface area contributed by atoms with Crippen molar-refractivity contribution in [3.8, 4) is 0 Å². The first-order valence-corrected chi connectivity index (χ1v) is 10.3. The lowest BCUT2D eigenvalue weighted by atomic mass is 9.96. The SMILES string of the molecule is Cc1cc(C(=O)CCC(=O)OCC(=O)N2c3ccccc3CCC2C)c(C)s1. The van der Waals surface area contributed by atoms with E-state index in [2.05, 4.69) is 0 Å². The van der Waals surface area contributed by atoms with Gasteiger partial charge in [0.1, 0.15) is 0 Å². The van der Waals surface area contributed by atoms with E-state index in [1.54, 1.807) is 16.2 Å². The maximum atomic E-state index is 12.7. The maximum absolute atomic E-state index is 12.7. The number of carbonyl (C=O) groups excluding carboxylic acids is 3. The number of ether oxygens (including phenoxy) is 1. The summed E-state index contributed by atoms with van der Waals surface area (Å²) in [5.41, 5.74) is 2.69. The summed E-state index contributed by atoms with van der Waals surface area (Å²) in [4.78, 5) is 40.7. The summed E-state index contributed by atoms with van der Waals surface area (Å²) in [5.74, 6) is -0.823. The van der Waals surface area contributed by atoms with Crippen LogP contribution in [0.1, 0.15) is 51.9 Å². The molecule has 2 aromatic rings. The molecule has 0 saturated carbocycles. The van der Waals surface area contributed by atoms with Crippen molar-refractivity contribution in [3.05, 3.63) is 51.2 Å². The fraction of sp³-hybridized carbons (Fsp3) is 0.409. The van der Waals surface area contributed by atoms with Gasteiger partial charge in [-0.05, 0) is 51.3 Å². The summed E-state index contributed by atoms with van der Waals surface area (Å²) >= 11 is 1.57. The molecule has 2 heterocycles. The van der Waals surface area contributed by atoms with Gasteiger partial charge in [-0.25, -0.2) is 0 Å². The van der Waals surface area contributed by atoms with E-state index in [4.69, 9.17) is 4.74 Å². The molecular weight excluding hydrogens is 374 g/mol. The van der Waals surface area contributed by atoms with Crippen molar-refractivity contribution < 1.29 is 19.1 Å². The predicted molar refractivity (Wildman–Crippen MR) is 110 cm³/mol. The van der Waals surface area contributed by atoms with E-state index in [1.165, 1.54) is 0 Å². The second kappa shape index (κ2) is 8.69. The van der Waals surface area contributed by atoms with Crippen molar-refractivity contribution in [2.75, 3.05) is 11.5 Å². The summed E-state index contributed by atoms with van der Waals surface area (Å²) in [6.45, 7) is 5.55. The lowest BCUT2D eigenvalue weighted by Gasteiger charge is -2.35. The third-order valence-electron chi connectivity index (χ3n) is 5.05. The molecule has 0 fully saturated rings. The summed E-state index contributed by atoms with van der Waals surface area (Å²) < 4.78 is 5.16. The van der Waals surface area contributed by atoms with Gasteiger partial charge in [-0.15, -0.1) is 11.3 Å². The number of hydrogen-bond donors (Lipinski definition) is 0. The third-order valence-corrected chi connectivity index (χ3v) is 6.01. The van der Waals surface area contributed by atoms with Crippen molar-refractivity contribution >= 4 is 34.7 Å². The highest BCUT2D eigenvalue weighted by molar-refractivity contribution is 7.12. The van der Waals surface area contributed by atoms with E-state index in [-0.39, 0.29) is 37.2 Å². The van der Waals surface area contributed by atoms with Crippen molar-refractivity contribution in [1.82, 2.24) is 0 Å². The molecule has 3 rings (SSSR count). The van der Waals surface area contributed by atoms with Crippen LogP contribution in [-0.4, -0.2) is 30.3 Å². The Hall–Kier alpha value is -2.47. The first-order valence-electron chi connectivity index (χ1n) is 9.52. The maximum Gasteiger partial charge on any atom is 0.306 e. The van der Waals surface area contributed by atoms with E-state index < -0.39 is 5.97 Å². The Labute approximate surface area is 169 Å². The second-order valence-corrected chi connectivity index (χ2v) is 8.65. The number of benzene rings is 1. The Kier molecular flexibility index (Phi) is 6.29. The number of aryl methyl sites for hydroxylation is 3. The highest BCUT2D eigenvalue weighted by atomic mass is 32.1. The van der Waals surface area contributed by atoms with Gasteiger partial charge < -0.3 is 9.64 Å². The number of esters is 1. The zero-order valence-corrected chi connectivity index (χ0v) is 17.3. The zero-order valence-electron chi connectivity index (χ0n) is 16.5. The minimum absolute atomic E-state index is 0.0212. The summed E-state index contributed by atoms with van der Waals surface area (Å²) in [6.07, 6.45) is 1.88. The molecule has 1 aliphatic rings. The van der Waals surface area contributed by atoms with E-state index >= 15 is 0 Å². The monoisotopic (exact) mass is 399 g/mol. The zero-order chi connectivity index (χ0) is 20.3. The third kappa shape index (κ3) is 4.50. The standard InChI is InChI=1S/C22H25NO4S/c1-14-8-9-17-6-4-5-7-19(17)23(14)21(25)13-27-22(26)11-10-20(24)18-12-15(2)28-16(18)3/h4-7,12,14H,8-11,13H2,1-3H3. The molecule has 0 N–H and O–H groups in total. The second-order valence-electron chi connectivity index (χ2n) is 7.19. The molecule has 1 aliphatic heterocycles. The molecule has 0 radical (unpaired) electrons. The van der Waals surface area contributed by atoms with Crippen LogP contribution in [0.25, 0.3) is 0 Å².